The topological polar surface area (TPSA) is 120 Å². The number of rotatable bonds is 1. The Morgan fingerprint density at radius 3 is 2.79 bits per heavy atom. The summed E-state index contributed by atoms with van der Waals surface area (Å²) in [6.45, 7) is 1.45. The molecule has 9 nitrogen and oxygen atoms in total. The first-order valence-electron chi connectivity index (χ1n) is 8.74. The summed E-state index contributed by atoms with van der Waals surface area (Å²) in [5, 5.41) is 12.1. The third kappa shape index (κ3) is 4.90. The molecule has 2 amide bonds. The first-order valence-corrected chi connectivity index (χ1v) is 11.5. The number of benzene rings is 1. The molecular weight excluding hydrogens is 446 g/mol. The van der Waals surface area contributed by atoms with E-state index in [-0.39, 0.29) is 0 Å². The number of nitrogens with one attached hydrogen (secondary N) is 4. The van der Waals surface area contributed by atoms with E-state index in [1.807, 2.05) is 6.07 Å². The van der Waals surface area contributed by atoms with Gasteiger partial charge in [-0.2, -0.15) is 4.98 Å². The van der Waals surface area contributed by atoms with Gasteiger partial charge in [-0.25, -0.2) is 14.0 Å². The van der Waals surface area contributed by atoms with Gasteiger partial charge >= 0.3 is 6.03 Å². The number of halogens is 1. The molecule has 0 radical (unpaired) electrons. The summed E-state index contributed by atoms with van der Waals surface area (Å²) in [4.78, 5) is 20.9. The van der Waals surface area contributed by atoms with Gasteiger partial charge in [-0.3, -0.25) is 0 Å². The highest BCUT2D eigenvalue weighted by Gasteiger charge is 2.16. The van der Waals surface area contributed by atoms with E-state index < -0.39 is 15.8 Å². The molecule has 1 aliphatic heterocycles. The van der Waals surface area contributed by atoms with Gasteiger partial charge in [0.1, 0.15) is 5.82 Å². The second kappa shape index (κ2) is 8.74. The lowest BCUT2D eigenvalue weighted by Gasteiger charge is -2.15. The third-order valence-corrected chi connectivity index (χ3v) is 6.34. The molecule has 0 saturated carbocycles. The van der Waals surface area contributed by atoms with Gasteiger partial charge in [0.15, 0.2) is 0 Å². The lowest BCUT2D eigenvalue weighted by Crippen LogP contribution is -2.16. The van der Waals surface area contributed by atoms with Gasteiger partial charge in [-0.05, 0) is 47.0 Å². The molecule has 1 atom stereocenters. The minimum absolute atomic E-state index is 0.441. The van der Waals surface area contributed by atoms with Crippen LogP contribution in [0.3, 0.4) is 0 Å². The number of carbonyl (C=O) groups is 1. The van der Waals surface area contributed by atoms with E-state index in [0.29, 0.717) is 23.1 Å². The maximum atomic E-state index is 13.1. The Hall–Kier alpha value is -2.40. The van der Waals surface area contributed by atoms with Gasteiger partial charge < -0.3 is 21.3 Å². The van der Waals surface area contributed by atoms with Gasteiger partial charge in [-0.15, -0.1) is 4.36 Å². The molecule has 0 saturated heterocycles. The lowest BCUT2D eigenvalue weighted by molar-refractivity contribution is 0.251. The standard InChI is InChI=1S/C17H22BrN7O2S/c1-19-17(26)25-28(2,27)14-6-5-11-9-13(14)20-7-3-4-8-21-15-12(18)10-22-16(23-11)24-15/h5-6,9-10,20H,3-4,7-8H2,1-2H3,(H,19,26)(H2,21,22,23,24). The van der Waals surface area contributed by atoms with Crippen molar-refractivity contribution in [3.05, 3.63) is 28.9 Å². The predicted molar refractivity (Wildman–Crippen MR) is 115 cm³/mol. The van der Waals surface area contributed by atoms with Crippen LogP contribution in [0.25, 0.3) is 0 Å². The van der Waals surface area contributed by atoms with E-state index in [9.17, 15) is 9.00 Å². The Bertz CT molecular complexity index is 1000. The summed E-state index contributed by atoms with van der Waals surface area (Å²) in [6, 6.07) is 4.68. The van der Waals surface area contributed by atoms with Crippen molar-refractivity contribution < 1.29 is 9.00 Å². The molecule has 2 heterocycles. The molecule has 0 fully saturated rings. The summed E-state index contributed by atoms with van der Waals surface area (Å²) in [5.41, 5.74) is 1.39. The maximum absolute atomic E-state index is 13.1. The SMILES string of the molecule is CNC(=O)N=S(C)(=O)c1ccc2cc1NCCCCNc1nc(ncc1Br)N2. The molecule has 3 rings (SSSR count). The van der Waals surface area contributed by atoms with Crippen LogP contribution in [-0.4, -0.2) is 46.6 Å². The van der Waals surface area contributed by atoms with Crippen molar-refractivity contribution >= 4 is 54.8 Å². The van der Waals surface area contributed by atoms with Gasteiger partial charge in [0.25, 0.3) is 0 Å². The summed E-state index contributed by atoms with van der Waals surface area (Å²) in [6.07, 6.45) is 4.96. The van der Waals surface area contributed by atoms with Crippen LogP contribution < -0.4 is 21.3 Å². The molecule has 1 unspecified atom stereocenters. The fraction of sp³-hybridized carbons (Fsp3) is 0.353. The van der Waals surface area contributed by atoms with E-state index in [2.05, 4.69) is 51.5 Å². The van der Waals surface area contributed by atoms with E-state index in [1.165, 1.54) is 13.3 Å². The van der Waals surface area contributed by atoms with Crippen LogP contribution in [0.15, 0.2) is 38.1 Å². The van der Waals surface area contributed by atoms with E-state index in [4.69, 9.17) is 0 Å². The number of anilines is 4. The minimum Gasteiger partial charge on any atom is -0.384 e. The molecule has 0 spiro atoms. The van der Waals surface area contributed by atoms with E-state index in [1.54, 1.807) is 18.3 Å². The number of urea groups is 1. The van der Waals surface area contributed by atoms with E-state index >= 15 is 0 Å². The summed E-state index contributed by atoms with van der Waals surface area (Å²) in [5.74, 6) is 1.17. The Morgan fingerprint density at radius 1 is 1.29 bits per heavy atom. The van der Waals surface area contributed by atoms with Crippen LogP contribution in [-0.2, 0) is 9.73 Å². The van der Waals surface area contributed by atoms with Crippen LogP contribution in [0.2, 0.25) is 0 Å². The predicted octanol–water partition coefficient (Wildman–Crippen LogP) is 3.40. The first kappa shape index (κ1) is 20.3. The number of hydrogen-bond donors (Lipinski definition) is 4. The van der Waals surface area contributed by atoms with E-state index in [0.717, 1.165) is 35.4 Å². The van der Waals surface area contributed by atoms with Crippen molar-refractivity contribution in [3.63, 3.8) is 0 Å². The first-order chi connectivity index (χ1) is 13.4. The van der Waals surface area contributed by atoms with Crippen LogP contribution >= 0.6 is 15.9 Å². The maximum Gasteiger partial charge on any atom is 0.349 e. The minimum atomic E-state index is -2.91. The largest absolute Gasteiger partial charge is 0.384 e. The Labute approximate surface area is 172 Å². The molecule has 2 aromatic rings. The highest BCUT2D eigenvalue weighted by Crippen LogP contribution is 2.29. The van der Waals surface area contributed by atoms with Crippen molar-refractivity contribution in [2.75, 3.05) is 42.3 Å². The number of nitrogens with zero attached hydrogens (tertiary/aromatic N) is 3. The monoisotopic (exact) mass is 467 g/mol. The fourth-order valence-corrected chi connectivity index (χ4v) is 4.39. The fourth-order valence-electron chi connectivity index (χ4n) is 2.69. The highest BCUT2D eigenvalue weighted by atomic mass is 79.9. The Kier molecular flexibility index (Phi) is 6.35. The molecule has 150 valence electrons. The second-order valence-electron chi connectivity index (χ2n) is 6.24. The number of carbonyl (C=O) groups excluding carboxylic acids is 1. The van der Waals surface area contributed by atoms with Crippen LogP contribution in [0.1, 0.15) is 12.8 Å². The molecule has 1 aliphatic rings. The zero-order valence-corrected chi connectivity index (χ0v) is 18.0. The van der Waals surface area contributed by atoms with Crippen molar-refractivity contribution in [2.24, 2.45) is 4.36 Å². The molecule has 11 heteroatoms. The Morgan fingerprint density at radius 2 is 2.04 bits per heavy atom. The van der Waals surface area contributed by atoms with Crippen LogP contribution in [0.4, 0.5) is 27.9 Å². The molecule has 28 heavy (non-hydrogen) atoms. The van der Waals surface area contributed by atoms with Crippen molar-refractivity contribution in [3.8, 4) is 0 Å². The van der Waals surface area contributed by atoms with Gasteiger partial charge in [0.2, 0.25) is 5.95 Å². The number of aromatic nitrogens is 2. The van der Waals surface area contributed by atoms with Gasteiger partial charge in [-0.1, -0.05) is 0 Å². The zero-order chi connectivity index (χ0) is 20.1. The number of hydrogen-bond acceptors (Lipinski definition) is 7. The quantitative estimate of drug-likeness (QED) is 0.506. The van der Waals surface area contributed by atoms with Crippen LogP contribution in [0.5, 0.6) is 0 Å². The molecule has 0 aliphatic carbocycles. The van der Waals surface area contributed by atoms with Crippen LogP contribution in [0, 0.1) is 0 Å². The summed E-state index contributed by atoms with van der Waals surface area (Å²) >= 11 is 3.45. The van der Waals surface area contributed by atoms with Crippen molar-refractivity contribution in [1.82, 2.24) is 15.3 Å². The summed E-state index contributed by atoms with van der Waals surface area (Å²) in [7, 11) is -1.45. The average Bonchev–Trinajstić information content (AvgIpc) is 2.66. The lowest BCUT2D eigenvalue weighted by atomic mass is 10.2. The third-order valence-electron chi connectivity index (χ3n) is 4.07. The zero-order valence-electron chi connectivity index (χ0n) is 15.6. The average molecular weight is 468 g/mol. The van der Waals surface area contributed by atoms with Gasteiger partial charge in [0, 0.05) is 38.3 Å². The second-order valence-corrected chi connectivity index (χ2v) is 9.32. The normalized spacial score (nSPS) is 15.8. The van der Waals surface area contributed by atoms with Crippen molar-refractivity contribution in [1.29, 1.82) is 0 Å². The summed E-state index contributed by atoms with van der Waals surface area (Å²) < 4.78 is 17.7. The highest BCUT2D eigenvalue weighted by molar-refractivity contribution is 9.10. The molecular formula is C17H22BrN7O2S. The Balaban J connectivity index is 2.02. The molecule has 4 bridgehead atoms. The molecule has 4 N–H and O–H groups in total. The molecule has 1 aromatic carbocycles. The van der Waals surface area contributed by atoms with Crippen molar-refractivity contribution in [2.45, 2.75) is 17.7 Å². The van der Waals surface area contributed by atoms with Gasteiger partial charge in [0.05, 0.1) is 24.8 Å². The number of amides is 2. The number of fused-ring (bicyclic) bond motifs is 4. The smallest absolute Gasteiger partial charge is 0.349 e. The molecule has 1 aromatic heterocycles.